The lowest BCUT2D eigenvalue weighted by Crippen LogP contribution is -2.48. The highest BCUT2D eigenvalue weighted by atomic mass is 16.2. The number of nitrogens with zero attached hydrogens (tertiary/aromatic N) is 2. The van der Waals surface area contributed by atoms with Crippen LogP contribution in [0.5, 0.6) is 0 Å². The number of carbonyl (C=O) groups excluding carboxylic acids is 2. The first kappa shape index (κ1) is 18.2. The van der Waals surface area contributed by atoms with E-state index in [9.17, 15) is 9.59 Å². The average molecular weight is 323 g/mol. The maximum absolute atomic E-state index is 12.7. The number of hydrogen-bond donors (Lipinski definition) is 1. The zero-order valence-electron chi connectivity index (χ0n) is 15.0. The molecule has 132 valence electrons. The van der Waals surface area contributed by atoms with Crippen molar-refractivity contribution in [2.45, 2.75) is 58.9 Å². The lowest BCUT2D eigenvalue weighted by atomic mass is 9.85. The van der Waals surface area contributed by atoms with Gasteiger partial charge in [-0.3, -0.25) is 9.59 Å². The second kappa shape index (κ2) is 8.67. The topological polar surface area (TPSA) is 52.7 Å². The van der Waals surface area contributed by atoms with Gasteiger partial charge >= 0.3 is 0 Å². The van der Waals surface area contributed by atoms with Crippen LogP contribution in [0.1, 0.15) is 52.9 Å². The molecule has 0 aliphatic carbocycles. The van der Waals surface area contributed by atoms with Crippen LogP contribution in [-0.2, 0) is 9.59 Å². The van der Waals surface area contributed by atoms with Gasteiger partial charge in [0.25, 0.3) is 0 Å². The quantitative estimate of drug-likeness (QED) is 0.812. The molecular weight excluding hydrogens is 290 g/mol. The Morgan fingerprint density at radius 3 is 2.57 bits per heavy atom. The van der Waals surface area contributed by atoms with Gasteiger partial charge < -0.3 is 15.1 Å². The van der Waals surface area contributed by atoms with Gasteiger partial charge in [-0.05, 0) is 64.5 Å². The summed E-state index contributed by atoms with van der Waals surface area (Å²) in [6, 6.07) is -0.223. The van der Waals surface area contributed by atoms with Gasteiger partial charge in [-0.15, -0.1) is 0 Å². The van der Waals surface area contributed by atoms with E-state index >= 15 is 0 Å². The van der Waals surface area contributed by atoms with Crippen molar-refractivity contribution in [2.24, 2.45) is 11.8 Å². The Morgan fingerprint density at radius 1 is 1.22 bits per heavy atom. The first-order chi connectivity index (χ1) is 11.1. The number of likely N-dealkylation sites (tertiary alicyclic amines) is 1. The Labute approximate surface area is 140 Å². The molecule has 23 heavy (non-hydrogen) atoms. The van der Waals surface area contributed by atoms with Crippen LogP contribution in [0.2, 0.25) is 0 Å². The fourth-order valence-electron chi connectivity index (χ4n) is 3.99. The van der Waals surface area contributed by atoms with Gasteiger partial charge in [-0.1, -0.05) is 6.92 Å². The van der Waals surface area contributed by atoms with Crippen molar-refractivity contribution >= 4 is 11.8 Å². The molecule has 0 aromatic carbocycles. The molecule has 2 amide bonds. The third kappa shape index (κ3) is 4.46. The number of nitrogens with one attached hydrogen (secondary N) is 1. The van der Waals surface area contributed by atoms with Gasteiger partial charge in [0.05, 0.1) is 0 Å². The predicted octanol–water partition coefficient (Wildman–Crippen LogP) is 1.87. The Kier molecular flexibility index (Phi) is 6.88. The summed E-state index contributed by atoms with van der Waals surface area (Å²) in [5.74, 6) is 1.28. The standard InChI is InChI=1S/C18H33N3O2/c1-4-20(5-2)18(23)16-9-7-11-21(16)17(22)12-14(3)15-8-6-10-19-13-15/h14-16,19H,4-13H2,1-3H3. The molecule has 0 saturated carbocycles. The molecule has 0 radical (unpaired) electrons. The molecule has 5 heteroatoms. The fraction of sp³-hybridized carbons (Fsp3) is 0.889. The van der Waals surface area contributed by atoms with Gasteiger partial charge in [0.2, 0.25) is 11.8 Å². The van der Waals surface area contributed by atoms with E-state index < -0.39 is 0 Å². The zero-order chi connectivity index (χ0) is 16.8. The largest absolute Gasteiger partial charge is 0.341 e. The summed E-state index contributed by atoms with van der Waals surface area (Å²) >= 11 is 0. The number of carbonyl (C=O) groups is 2. The Hall–Kier alpha value is -1.10. The van der Waals surface area contributed by atoms with Gasteiger partial charge in [0, 0.05) is 26.1 Å². The lowest BCUT2D eigenvalue weighted by molar-refractivity contribution is -0.144. The summed E-state index contributed by atoms with van der Waals surface area (Å²) in [7, 11) is 0. The number of rotatable bonds is 6. The van der Waals surface area contributed by atoms with Crippen molar-refractivity contribution in [1.29, 1.82) is 0 Å². The van der Waals surface area contributed by atoms with Gasteiger partial charge in [-0.2, -0.15) is 0 Å². The van der Waals surface area contributed by atoms with Crippen molar-refractivity contribution < 1.29 is 9.59 Å². The Morgan fingerprint density at radius 2 is 1.96 bits per heavy atom. The maximum Gasteiger partial charge on any atom is 0.245 e. The average Bonchev–Trinajstić information content (AvgIpc) is 3.06. The number of amides is 2. The molecule has 2 aliphatic heterocycles. The van der Waals surface area contributed by atoms with Gasteiger partial charge in [0.1, 0.15) is 6.04 Å². The normalized spacial score (nSPS) is 26.1. The fourth-order valence-corrected chi connectivity index (χ4v) is 3.99. The van der Waals surface area contributed by atoms with E-state index in [-0.39, 0.29) is 17.9 Å². The molecule has 3 atom stereocenters. The van der Waals surface area contributed by atoms with E-state index in [2.05, 4.69) is 12.2 Å². The van der Waals surface area contributed by atoms with Crippen molar-refractivity contribution in [3.63, 3.8) is 0 Å². The third-order valence-electron chi connectivity index (χ3n) is 5.57. The molecule has 2 rings (SSSR count). The van der Waals surface area contributed by atoms with Crippen LogP contribution in [-0.4, -0.2) is 60.4 Å². The summed E-state index contributed by atoms with van der Waals surface area (Å²) in [5.41, 5.74) is 0. The maximum atomic E-state index is 12.7. The second-order valence-electron chi connectivity index (χ2n) is 7.04. The van der Waals surface area contributed by atoms with Crippen molar-refractivity contribution in [1.82, 2.24) is 15.1 Å². The summed E-state index contributed by atoms with van der Waals surface area (Å²) < 4.78 is 0. The first-order valence-corrected chi connectivity index (χ1v) is 9.37. The van der Waals surface area contributed by atoms with Gasteiger partial charge in [-0.25, -0.2) is 0 Å². The van der Waals surface area contributed by atoms with E-state index in [1.165, 1.54) is 12.8 Å². The second-order valence-corrected chi connectivity index (χ2v) is 7.04. The Balaban J connectivity index is 1.93. The van der Waals surface area contributed by atoms with Crippen LogP contribution in [0.4, 0.5) is 0 Å². The summed E-state index contributed by atoms with van der Waals surface area (Å²) in [6.45, 7) is 10.5. The number of likely N-dealkylation sites (N-methyl/N-ethyl adjacent to an activating group) is 1. The highest BCUT2D eigenvalue weighted by molar-refractivity contribution is 5.88. The highest BCUT2D eigenvalue weighted by Crippen LogP contribution is 2.26. The molecule has 1 N–H and O–H groups in total. The molecule has 0 aromatic rings. The van der Waals surface area contributed by atoms with E-state index in [1.54, 1.807) is 0 Å². The minimum Gasteiger partial charge on any atom is -0.341 e. The smallest absolute Gasteiger partial charge is 0.245 e. The van der Waals surface area contributed by atoms with Crippen LogP contribution in [0.25, 0.3) is 0 Å². The number of hydrogen-bond acceptors (Lipinski definition) is 3. The Bertz CT molecular complexity index is 403. The number of piperidine rings is 1. The van der Waals surface area contributed by atoms with Crippen molar-refractivity contribution in [3.05, 3.63) is 0 Å². The zero-order valence-corrected chi connectivity index (χ0v) is 15.0. The van der Waals surface area contributed by atoms with Crippen molar-refractivity contribution in [2.75, 3.05) is 32.7 Å². The molecule has 2 fully saturated rings. The molecular formula is C18H33N3O2. The predicted molar refractivity (Wildman–Crippen MR) is 92.0 cm³/mol. The van der Waals surface area contributed by atoms with Gasteiger partial charge in [0.15, 0.2) is 0 Å². The minimum absolute atomic E-state index is 0.132. The molecule has 5 nitrogen and oxygen atoms in total. The SMILES string of the molecule is CCN(CC)C(=O)C1CCCN1C(=O)CC(C)C1CCCNC1. The molecule has 2 heterocycles. The minimum atomic E-state index is -0.223. The first-order valence-electron chi connectivity index (χ1n) is 9.37. The molecule has 2 saturated heterocycles. The van der Waals surface area contributed by atoms with Crippen molar-refractivity contribution in [3.8, 4) is 0 Å². The highest BCUT2D eigenvalue weighted by Gasteiger charge is 2.36. The molecule has 2 aliphatic rings. The monoisotopic (exact) mass is 323 g/mol. The van der Waals surface area contributed by atoms with Crippen LogP contribution in [0, 0.1) is 11.8 Å². The molecule has 0 bridgehead atoms. The third-order valence-corrected chi connectivity index (χ3v) is 5.57. The van der Waals surface area contributed by atoms with E-state index in [0.717, 1.165) is 45.6 Å². The molecule has 0 spiro atoms. The molecule has 3 unspecified atom stereocenters. The van der Waals surface area contributed by atoms with Crippen LogP contribution < -0.4 is 5.32 Å². The van der Waals surface area contributed by atoms with Crippen LogP contribution in [0.3, 0.4) is 0 Å². The summed E-state index contributed by atoms with van der Waals surface area (Å²) in [5, 5.41) is 3.43. The lowest BCUT2D eigenvalue weighted by Gasteiger charge is -2.32. The van der Waals surface area contributed by atoms with Crippen LogP contribution in [0.15, 0.2) is 0 Å². The summed E-state index contributed by atoms with van der Waals surface area (Å²) in [4.78, 5) is 29.1. The van der Waals surface area contributed by atoms with E-state index in [1.807, 2.05) is 23.6 Å². The summed E-state index contributed by atoms with van der Waals surface area (Å²) in [6.07, 6.45) is 4.76. The molecule has 0 aromatic heterocycles. The van der Waals surface area contributed by atoms with Crippen LogP contribution >= 0.6 is 0 Å². The van der Waals surface area contributed by atoms with E-state index in [4.69, 9.17) is 0 Å². The van der Waals surface area contributed by atoms with E-state index in [0.29, 0.717) is 18.3 Å².